The predicted octanol–water partition coefficient (Wildman–Crippen LogP) is 3.94. The van der Waals surface area contributed by atoms with Crippen LogP contribution in [0.15, 0.2) is 35.0 Å². The summed E-state index contributed by atoms with van der Waals surface area (Å²) in [4.78, 5) is 11.9. The van der Waals surface area contributed by atoms with Gasteiger partial charge in [0.15, 0.2) is 0 Å². The van der Waals surface area contributed by atoms with Crippen LogP contribution in [-0.2, 0) is 10.5 Å². The van der Waals surface area contributed by atoms with Crippen molar-refractivity contribution in [1.82, 2.24) is 0 Å². The van der Waals surface area contributed by atoms with E-state index in [1.165, 1.54) is 5.56 Å². The molecule has 1 N–H and O–H groups in total. The molecule has 0 aliphatic carbocycles. The van der Waals surface area contributed by atoms with E-state index in [-0.39, 0.29) is 5.91 Å². The van der Waals surface area contributed by atoms with Crippen molar-refractivity contribution in [3.05, 3.63) is 46.2 Å². The van der Waals surface area contributed by atoms with Crippen molar-refractivity contribution in [2.45, 2.75) is 12.7 Å². The highest BCUT2D eigenvalue weighted by molar-refractivity contribution is 7.99. The molecule has 1 aromatic carbocycles. The second kappa shape index (κ2) is 7.36. The van der Waals surface area contributed by atoms with Crippen LogP contribution in [0.2, 0.25) is 0 Å². The fourth-order valence-electron chi connectivity index (χ4n) is 1.74. The Morgan fingerprint density at radius 2 is 2.25 bits per heavy atom. The molecule has 0 saturated carbocycles. The molecular formula is C15H17NO2S2. The number of thioether (sulfide) groups is 1. The normalized spacial score (nSPS) is 10.3. The first kappa shape index (κ1) is 14.9. The molecule has 0 fully saturated rings. The number of ether oxygens (including phenoxy) is 1. The Labute approximate surface area is 127 Å². The molecule has 0 spiro atoms. The molecule has 1 aromatic heterocycles. The number of carbonyl (C=O) groups is 1. The minimum atomic E-state index is -0.00544. The summed E-state index contributed by atoms with van der Waals surface area (Å²) in [6, 6.07) is 7.82. The largest absolute Gasteiger partial charge is 0.495 e. The first-order valence-electron chi connectivity index (χ1n) is 6.22. The van der Waals surface area contributed by atoms with Crippen LogP contribution in [0.4, 0.5) is 5.69 Å². The first-order valence-corrected chi connectivity index (χ1v) is 8.32. The number of aryl methyl sites for hydroxylation is 1. The van der Waals surface area contributed by atoms with Gasteiger partial charge in [0.1, 0.15) is 5.75 Å². The maximum atomic E-state index is 11.9. The molecular weight excluding hydrogens is 290 g/mol. The standard InChI is InChI=1S/C15H17NO2S2/c1-11-3-4-14(18-2)13(7-11)16-15(17)10-20-9-12-5-6-19-8-12/h3-8H,9-10H2,1-2H3,(H,16,17). The van der Waals surface area contributed by atoms with Crippen LogP contribution in [0.25, 0.3) is 0 Å². The van der Waals surface area contributed by atoms with Gasteiger partial charge in [-0.25, -0.2) is 0 Å². The van der Waals surface area contributed by atoms with E-state index in [4.69, 9.17) is 4.74 Å². The second-order valence-corrected chi connectivity index (χ2v) is 6.14. The number of rotatable bonds is 6. The van der Waals surface area contributed by atoms with Crippen molar-refractivity contribution >= 4 is 34.7 Å². The van der Waals surface area contributed by atoms with E-state index in [0.29, 0.717) is 11.5 Å². The molecule has 20 heavy (non-hydrogen) atoms. The quantitative estimate of drug-likeness (QED) is 0.878. The third-order valence-electron chi connectivity index (χ3n) is 2.71. The van der Waals surface area contributed by atoms with Crippen LogP contribution < -0.4 is 10.1 Å². The summed E-state index contributed by atoms with van der Waals surface area (Å²) < 4.78 is 5.24. The molecule has 0 aliphatic rings. The highest BCUT2D eigenvalue weighted by Crippen LogP contribution is 2.25. The van der Waals surface area contributed by atoms with Crippen LogP contribution in [0, 0.1) is 6.92 Å². The van der Waals surface area contributed by atoms with Crippen molar-refractivity contribution in [1.29, 1.82) is 0 Å². The van der Waals surface area contributed by atoms with Gasteiger partial charge in [0, 0.05) is 5.75 Å². The van der Waals surface area contributed by atoms with Gasteiger partial charge in [-0.3, -0.25) is 4.79 Å². The monoisotopic (exact) mass is 307 g/mol. The zero-order chi connectivity index (χ0) is 14.4. The van der Waals surface area contributed by atoms with Crippen molar-refractivity contribution < 1.29 is 9.53 Å². The number of hydrogen-bond acceptors (Lipinski definition) is 4. The van der Waals surface area contributed by atoms with Crippen molar-refractivity contribution in [2.24, 2.45) is 0 Å². The Balaban J connectivity index is 1.86. The van der Waals surface area contributed by atoms with Gasteiger partial charge >= 0.3 is 0 Å². The number of benzene rings is 1. The summed E-state index contributed by atoms with van der Waals surface area (Å²) in [6.07, 6.45) is 0. The molecule has 0 saturated heterocycles. The highest BCUT2D eigenvalue weighted by Gasteiger charge is 2.08. The third-order valence-corrected chi connectivity index (χ3v) is 4.45. The molecule has 106 valence electrons. The van der Waals surface area contributed by atoms with E-state index < -0.39 is 0 Å². The summed E-state index contributed by atoms with van der Waals surface area (Å²) in [5.74, 6) is 1.98. The maximum absolute atomic E-state index is 11.9. The number of amides is 1. The Kier molecular flexibility index (Phi) is 5.49. The van der Waals surface area contributed by atoms with E-state index >= 15 is 0 Å². The lowest BCUT2D eigenvalue weighted by Crippen LogP contribution is -2.15. The topological polar surface area (TPSA) is 38.3 Å². The molecule has 0 atom stereocenters. The van der Waals surface area contributed by atoms with Gasteiger partial charge in [0.2, 0.25) is 5.91 Å². The lowest BCUT2D eigenvalue weighted by molar-refractivity contribution is -0.113. The highest BCUT2D eigenvalue weighted by atomic mass is 32.2. The molecule has 1 amide bonds. The van der Waals surface area contributed by atoms with Crippen molar-refractivity contribution in [3.63, 3.8) is 0 Å². The number of anilines is 1. The van der Waals surface area contributed by atoms with Crippen LogP contribution in [-0.4, -0.2) is 18.8 Å². The summed E-state index contributed by atoms with van der Waals surface area (Å²) >= 11 is 3.29. The lowest BCUT2D eigenvalue weighted by atomic mass is 10.2. The van der Waals surface area contributed by atoms with E-state index in [1.54, 1.807) is 30.2 Å². The van der Waals surface area contributed by atoms with Crippen molar-refractivity contribution in [3.8, 4) is 5.75 Å². The molecule has 0 radical (unpaired) electrons. The lowest BCUT2D eigenvalue weighted by Gasteiger charge is -2.10. The smallest absolute Gasteiger partial charge is 0.234 e. The zero-order valence-corrected chi connectivity index (χ0v) is 13.1. The molecule has 3 nitrogen and oxygen atoms in total. The molecule has 2 aromatic rings. The summed E-state index contributed by atoms with van der Waals surface area (Å²) in [5.41, 5.74) is 3.08. The Morgan fingerprint density at radius 1 is 1.40 bits per heavy atom. The number of hydrogen-bond donors (Lipinski definition) is 1. The number of carbonyl (C=O) groups excluding carboxylic acids is 1. The van der Waals surface area contributed by atoms with Gasteiger partial charge < -0.3 is 10.1 Å². The van der Waals surface area contributed by atoms with Gasteiger partial charge in [-0.15, -0.1) is 11.8 Å². The van der Waals surface area contributed by atoms with Crippen LogP contribution in [0.3, 0.4) is 0 Å². The van der Waals surface area contributed by atoms with Gasteiger partial charge in [-0.2, -0.15) is 11.3 Å². The molecule has 1 heterocycles. The first-order chi connectivity index (χ1) is 9.69. The predicted molar refractivity (Wildman–Crippen MR) is 86.8 cm³/mol. The average Bonchev–Trinajstić information content (AvgIpc) is 2.92. The fourth-order valence-corrected chi connectivity index (χ4v) is 3.29. The zero-order valence-electron chi connectivity index (χ0n) is 11.5. The summed E-state index contributed by atoms with van der Waals surface area (Å²) in [5, 5.41) is 7.06. The maximum Gasteiger partial charge on any atom is 0.234 e. The van der Waals surface area contributed by atoms with E-state index in [2.05, 4.69) is 16.8 Å². The molecule has 0 unspecified atom stereocenters. The number of thiophene rings is 1. The minimum Gasteiger partial charge on any atom is -0.495 e. The Bertz CT molecular complexity index is 567. The number of nitrogens with one attached hydrogen (secondary N) is 1. The Hall–Kier alpha value is -1.46. The van der Waals surface area contributed by atoms with E-state index in [1.807, 2.05) is 30.5 Å². The molecule has 5 heteroatoms. The molecule has 2 rings (SSSR count). The van der Waals surface area contributed by atoms with Gasteiger partial charge in [0.05, 0.1) is 18.6 Å². The summed E-state index contributed by atoms with van der Waals surface area (Å²) in [6.45, 7) is 1.99. The van der Waals surface area contributed by atoms with Gasteiger partial charge in [-0.1, -0.05) is 6.07 Å². The van der Waals surface area contributed by atoms with Crippen LogP contribution in [0.5, 0.6) is 5.75 Å². The van der Waals surface area contributed by atoms with Crippen LogP contribution in [0.1, 0.15) is 11.1 Å². The minimum absolute atomic E-state index is 0.00544. The number of methoxy groups -OCH3 is 1. The second-order valence-electron chi connectivity index (χ2n) is 4.38. The van der Waals surface area contributed by atoms with E-state index in [9.17, 15) is 4.79 Å². The Morgan fingerprint density at radius 3 is 2.95 bits per heavy atom. The van der Waals surface area contributed by atoms with Crippen molar-refractivity contribution in [2.75, 3.05) is 18.2 Å². The van der Waals surface area contributed by atoms with E-state index in [0.717, 1.165) is 17.0 Å². The summed E-state index contributed by atoms with van der Waals surface area (Å²) in [7, 11) is 1.60. The molecule has 0 bridgehead atoms. The van der Waals surface area contributed by atoms with Gasteiger partial charge in [-0.05, 0) is 47.0 Å². The van der Waals surface area contributed by atoms with Gasteiger partial charge in [0.25, 0.3) is 0 Å². The van der Waals surface area contributed by atoms with Crippen LogP contribution >= 0.6 is 23.1 Å². The SMILES string of the molecule is COc1ccc(C)cc1NC(=O)CSCc1ccsc1. The molecule has 0 aliphatic heterocycles. The average molecular weight is 307 g/mol. The fraction of sp³-hybridized carbons (Fsp3) is 0.267. The third kappa shape index (κ3) is 4.28.